The zero-order valence-corrected chi connectivity index (χ0v) is 19.5. The van der Waals surface area contributed by atoms with E-state index in [4.69, 9.17) is 4.74 Å². The fourth-order valence-electron chi connectivity index (χ4n) is 3.35. The lowest BCUT2D eigenvalue weighted by molar-refractivity contribution is 0.0946. The fourth-order valence-corrected chi connectivity index (χ4v) is 3.61. The van der Waals surface area contributed by atoms with Gasteiger partial charge in [-0.25, -0.2) is 14.8 Å². The fraction of sp³-hybridized carbons (Fsp3) is 0.174. The van der Waals surface area contributed by atoms with Crippen molar-refractivity contribution in [1.29, 1.82) is 0 Å². The number of amides is 1. The number of aryl methyl sites for hydroxylation is 1. The van der Waals surface area contributed by atoms with E-state index < -0.39 is 17.2 Å². The normalized spacial score (nSPS) is 10.9. The molecule has 0 aliphatic heterocycles. The van der Waals surface area contributed by atoms with Crippen LogP contribution < -0.4 is 21.3 Å². The molecule has 3 heterocycles. The molecule has 0 fully saturated rings. The highest BCUT2D eigenvalue weighted by Crippen LogP contribution is 2.12. The second-order valence-electron chi connectivity index (χ2n) is 7.34. The van der Waals surface area contributed by atoms with Crippen LogP contribution in [0.2, 0.25) is 0 Å². The zero-order valence-electron chi connectivity index (χ0n) is 17.9. The van der Waals surface area contributed by atoms with Gasteiger partial charge in [-0.1, -0.05) is 34.1 Å². The topological polar surface area (TPSA) is 108 Å². The first kappa shape index (κ1) is 22.4. The Morgan fingerprint density at radius 1 is 1.06 bits per heavy atom. The molecule has 0 unspecified atom stereocenters. The number of methoxy groups -OCH3 is 1. The summed E-state index contributed by atoms with van der Waals surface area (Å²) in [7, 11) is 3.10. The number of carbonyl (C=O) groups is 1. The Bertz CT molecular complexity index is 1440. The molecule has 0 saturated carbocycles. The van der Waals surface area contributed by atoms with Crippen LogP contribution >= 0.6 is 15.9 Å². The molecule has 9 nitrogen and oxygen atoms in total. The summed E-state index contributed by atoms with van der Waals surface area (Å²) in [4.78, 5) is 46.8. The Hall–Kier alpha value is -3.79. The quantitative estimate of drug-likeness (QED) is 0.427. The van der Waals surface area contributed by atoms with E-state index >= 15 is 0 Å². The van der Waals surface area contributed by atoms with Crippen LogP contribution in [0.1, 0.15) is 21.6 Å². The van der Waals surface area contributed by atoms with Crippen LogP contribution in [-0.2, 0) is 20.1 Å². The number of benzene rings is 1. The number of carbonyl (C=O) groups excluding carboxylic acids is 1. The minimum atomic E-state index is -0.480. The average Bonchev–Trinajstić information content (AvgIpc) is 2.85. The lowest BCUT2D eigenvalue weighted by Gasteiger charge is -2.12. The maximum atomic E-state index is 13.1. The third-order valence-corrected chi connectivity index (χ3v) is 5.71. The number of nitrogens with one attached hydrogen (secondary N) is 1. The summed E-state index contributed by atoms with van der Waals surface area (Å²) < 4.78 is 8.42. The van der Waals surface area contributed by atoms with E-state index in [1.807, 2.05) is 24.3 Å². The summed E-state index contributed by atoms with van der Waals surface area (Å²) >= 11 is 3.37. The molecule has 0 spiro atoms. The number of pyridine rings is 2. The highest BCUT2D eigenvalue weighted by atomic mass is 79.9. The summed E-state index contributed by atoms with van der Waals surface area (Å²) in [5.74, 6) is 0.0340. The van der Waals surface area contributed by atoms with Crippen molar-refractivity contribution < 1.29 is 9.53 Å². The van der Waals surface area contributed by atoms with Gasteiger partial charge in [-0.2, -0.15) is 0 Å². The molecule has 4 aromatic rings. The van der Waals surface area contributed by atoms with E-state index in [0.717, 1.165) is 20.2 Å². The molecule has 33 heavy (non-hydrogen) atoms. The third-order valence-electron chi connectivity index (χ3n) is 5.18. The van der Waals surface area contributed by atoms with Gasteiger partial charge in [0, 0.05) is 30.3 Å². The van der Waals surface area contributed by atoms with Gasteiger partial charge in [0.1, 0.15) is 5.69 Å². The van der Waals surface area contributed by atoms with Gasteiger partial charge in [0.2, 0.25) is 5.88 Å². The number of fused-ring (bicyclic) bond motifs is 1. The number of aromatic nitrogens is 4. The number of hydrogen-bond donors (Lipinski definition) is 1. The van der Waals surface area contributed by atoms with Crippen molar-refractivity contribution >= 4 is 32.7 Å². The molecule has 0 aliphatic carbocycles. The Labute approximate surface area is 196 Å². The Morgan fingerprint density at radius 3 is 2.45 bits per heavy atom. The molecule has 168 valence electrons. The monoisotopic (exact) mass is 509 g/mol. The first-order valence-corrected chi connectivity index (χ1v) is 10.8. The molecule has 1 amide bonds. The molecule has 0 radical (unpaired) electrons. The summed E-state index contributed by atoms with van der Waals surface area (Å²) in [5, 5.41) is 3.00. The van der Waals surface area contributed by atoms with Crippen LogP contribution in [0, 0.1) is 0 Å². The van der Waals surface area contributed by atoms with Gasteiger partial charge < -0.3 is 10.1 Å². The zero-order chi connectivity index (χ0) is 23.5. The van der Waals surface area contributed by atoms with Crippen molar-refractivity contribution in [3.05, 3.63) is 97.0 Å². The van der Waals surface area contributed by atoms with Gasteiger partial charge >= 0.3 is 5.69 Å². The van der Waals surface area contributed by atoms with Crippen molar-refractivity contribution in [2.24, 2.45) is 7.05 Å². The molecular formula is C23H20BrN5O4. The van der Waals surface area contributed by atoms with Crippen molar-refractivity contribution in [2.75, 3.05) is 7.11 Å². The minimum absolute atomic E-state index is 0.0786. The first-order chi connectivity index (χ1) is 15.9. The lowest BCUT2D eigenvalue weighted by atomic mass is 10.2. The molecule has 10 heteroatoms. The van der Waals surface area contributed by atoms with Gasteiger partial charge in [0.25, 0.3) is 11.5 Å². The highest BCUT2D eigenvalue weighted by Gasteiger charge is 2.15. The number of ether oxygens (including phenoxy) is 1. The number of hydrogen-bond acceptors (Lipinski definition) is 6. The largest absolute Gasteiger partial charge is 0.481 e. The number of rotatable bonds is 6. The van der Waals surface area contributed by atoms with Crippen LogP contribution in [0.5, 0.6) is 5.88 Å². The molecule has 0 saturated heterocycles. The average molecular weight is 510 g/mol. The molecule has 0 atom stereocenters. The number of halogens is 1. The summed E-state index contributed by atoms with van der Waals surface area (Å²) in [6.07, 6.45) is 2.97. The second-order valence-corrected chi connectivity index (χ2v) is 8.25. The second kappa shape index (κ2) is 9.37. The lowest BCUT2D eigenvalue weighted by Crippen LogP contribution is -2.39. The summed E-state index contributed by atoms with van der Waals surface area (Å²) in [5.41, 5.74) is 1.08. The van der Waals surface area contributed by atoms with Crippen LogP contribution in [0.3, 0.4) is 0 Å². The standard InChI is InChI=1S/C23H20BrN5O4/c1-28-19-12-25-18(21(30)27-11-15-5-8-20(33-2)26-10-15)9-17(19)22(31)29(23(28)32)13-14-3-6-16(24)7-4-14/h3-10,12H,11,13H2,1-2H3,(H,27,30). The van der Waals surface area contributed by atoms with Gasteiger partial charge in [-0.3, -0.25) is 18.7 Å². The van der Waals surface area contributed by atoms with Crippen molar-refractivity contribution in [3.8, 4) is 5.88 Å². The molecule has 3 aromatic heterocycles. The summed E-state index contributed by atoms with van der Waals surface area (Å²) in [6, 6.07) is 12.3. The van der Waals surface area contributed by atoms with Gasteiger partial charge in [-0.05, 0) is 29.3 Å². The van der Waals surface area contributed by atoms with Gasteiger partial charge in [-0.15, -0.1) is 0 Å². The summed E-state index contributed by atoms with van der Waals surface area (Å²) in [6.45, 7) is 0.347. The third kappa shape index (κ3) is 4.70. The van der Waals surface area contributed by atoms with Crippen molar-refractivity contribution in [2.45, 2.75) is 13.1 Å². The Morgan fingerprint density at radius 2 is 1.79 bits per heavy atom. The van der Waals surface area contributed by atoms with E-state index in [2.05, 4.69) is 31.2 Å². The van der Waals surface area contributed by atoms with E-state index in [0.29, 0.717) is 11.4 Å². The SMILES string of the molecule is COc1ccc(CNC(=O)c2cc3c(=O)n(Cc4ccc(Br)cc4)c(=O)n(C)c3cn2)cn1. The predicted octanol–water partition coefficient (Wildman–Crippen LogP) is 2.24. The van der Waals surface area contributed by atoms with Gasteiger partial charge in [0.15, 0.2) is 0 Å². The van der Waals surface area contributed by atoms with Gasteiger partial charge in [0.05, 0.1) is 30.8 Å². The van der Waals surface area contributed by atoms with E-state index in [1.165, 1.54) is 23.9 Å². The smallest absolute Gasteiger partial charge is 0.331 e. The molecule has 0 bridgehead atoms. The molecule has 4 rings (SSSR count). The molecule has 0 aliphatic rings. The van der Waals surface area contributed by atoms with E-state index in [1.54, 1.807) is 25.4 Å². The van der Waals surface area contributed by atoms with Crippen molar-refractivity contribution in [1.82, 2.24) is 24.4 Å². The molecule has 1 aromatic carbocycles. The first-order valence-electron chi connectivity index (χ1n) is 9.98. The molecular weight excluding hydrogens is 490 g/mol. The maximum absolute atomic E-state index is 13.1. The van der Waals surface area contributed by atoms with Crippen LogP contribution in [0.4, 0.5) is 0 Å². The minimum Gasteiger partial charge on any atom is -0.481 e. The van der Waals surface area contributed by atoms with Crippen LogP contribution in [0.15, 0.2) is 68.9 Å². The Balaban J connectivity index is 1.64. The maximum Gasteiger partial charge on any atom is 0.331 e. The van der Waals surface area contributed by atoms with Crippen LogP contribution in [-0.4, -0.2) is 32.1 Å². The number of nitrogens with zero attached hydrogens (tertiary/aromatic N) is 4. The van der Waals surface area contributed by atoms with E-state index in [9.17, 15) is 14.4 Å². The predicted molar refractivity (Wildman–Crippen MR) is 126 cm³/mol. The van der Waals surface area contributed by atoms with E-state index in [-0.39, 0.29) is 24.2 Å². The van der Waals surface area contributed by atoms with Crippen LogP contribution in [0.25, 0.3) is 10.9 Å². The highest BCUT2D eigenvalue weighted by molar-refractivity contribution is 9.10. The van der Waals surface area contributed by atoms with Crippen molar-refractivity contribution in [3.63, 3.8) is 0 Å². The molecule has 1 N–H and O–H groups in total. The Kier molecular flexibility index (Phi) is 6.36.